The van der Waals surface area contributed by atoms with E-state index in [2.05, 4.69) is 78.0 Å². The predicted molar refractivity (Wildman–Crippen MR) is 96.7 cm³/mol. The Balaban J connectivity index is 2.45. The minimum atomic E-state index is 0.576. The van der Waals surface area contributed by atoms with Crippen molar-refractivity contribution >= 4 is 27.7 Å². The first-order valence-electron chi connectivity index (χ1n) is 7.67. The van der Waals surface area contributed by atoms with Crippen LogP contribution in [0.1, 0.15) is 39.2 Å². The van der Waals surface area contributed by atoms with Crippen LogP contribution in [0.3, 0.4) is 0 Å². The summed E-state index contributed by atoms with van der Waals surface area (Å²) in [6.07, 6.45) is 3.84. The number of hydrogen-bond donors (Lipinski definition) is 1. The van der Waals surface area contributed by atoms with E-state index in [1.165, 1.54) is 36.3 Å². The summed E-state index contributed by atoms with van der Waals surface area (Å²) in [5.74, 6) is 3.28. The van der Waals surface area contributed by atoms with Gasteiger partial charge >= 0.3 is 0 Å². The maximum Gasteiger partial charge on any atom is 0.0175 e. The van der Waals surface area contributed by atoms with Crippen LogP contribution in [0.25, 0.3) is 0 Å². The molecule has 0 aliphatic heterocycles. The van der Waals surface area contributed by atoms with Gasteiger partial charge in [-0.05, 0) is 60.9 Å². The molecule has 0 fully saturated rings. The van der Waals surface area contributed by atoms with Crippen LogP contribution < -0.4 is 5.32 Å². The molecule has 114 valence electrons. The molecule has 1 unspecified atom stereocenters. The lowest BCUT2D eigenvalue weighted by molar-refractivity contribution is 0.419. The molecule has 0 radical (unpaired) electrons. The van der Waals surface area contributed by atoms with Gasteiger partial charge in [0.25, 0.3) is 0 Å². The number of hydrogen-bond acceptors (Lipinski definition) is 2. The molecule has 1 aromatic carbocycles. The molecule has 0 saturated heterocycles. The van der Waals surface area contributed by atoms with Gasteiger partial charge in [-0.1, -0.05) is 48.8 Å². The summed E-state index contributed by atoms with van der Waals surface area (Å²) in [5.41, 5.74) is 1.45. The van der Waals surface area contributed by atoms with E-state index >= 15 is 0 Å². The largest absolute Gasteiger partial charge is 0.314 e. The first kappa shape index (κ1) is 18.1. The SMILES string of the molecule is CCSCCCC(CNC(C)C)Cc1ccc(Br)cc1. The van der Waals surface area contributed by atoms with Crippen LogP contribution in [0.4, 0.5) is 0 Å². The Labute approximate surface area is 137 Å². The normalized spacial score (nSPS) is 12.8. The van der Waals surface area contributed by atoms with Gasteiger partial charge in [-0.25, -0.2) is 0 Å². The molecule has 1 N–H and O–H groups in total. The lowest BCUT2D eigenvalue weighted by Gasteiger charge is -2.19. The molecule has 0 aromatic heterocycles. The van der Waals surface area contributed by atoms with E-state index in [1.807, 2.05) is 0 Å². The Hall–Kier alpha value is 0.01000. The zero-order chi connectivity index (χ0) is 14.8. The highest BCUT2D eigenvalue weighted by Crippen LogP contribution is 2.18. The fraction of sp³-hybridized carbons (Fsp3) is 0.647. The van der Waals surface area contributed by atoms with Crippen molar-refractivity contribution in [1.29, 1.82) is 0 Å². The molecule has 0 bridgehead atoms. The summed E-state index contributed by atoms with van der Waals surface area (Å²) in [7, 11) is 0. The van der Waals surface area contributed by atoms with E-state index < -0.39 is 0 Å². The first-order chi connectivity index (χ1) is 9.61. The fourth-order valence-electron chi connectivity index (χ4n) is 2.25. The molecule has 0 saturated carbocycles. The van der Waals surface area contributed by atoms with Crippen LogP contribution in [0.2, 0.25) is 0 Å². The standard InChI is InChI=1S/C17H28BrNS/c1-4-20-11-5-6-16(13-19-14(2)3)12-15-7-9-17(18)10-8-15/h7-10,14,16,19H,4-6,11-13H2,1-3H3. The second kappa shape index (κ2) is 10.7. The second-order valence-corrected chi connectivity index (χ2v) is 7.91. The number of nitrogens with one attached hydrogen (secondary N) is 1. The summed E-state index contributed by atoms with van der Waals surface area (Å²) >= 11 is 5.56. The van der Waals surface area contributed by atoms with Gasteiger partial charge in [0.05, 0.1) is 0 Å². The van der Waals surface area contributed by atoms with Crippen molar-refractivity contribution in [1.82, 2.24) is 5.32 Å². The predicted octanol–water partition coefficient (Wildman–Crippen LogP) is 5.14. The number of benzene rings is 1. The summed E-state index contributed by atoms with van der Waals surface area (Å²) in [6, 6.07) is 9.36. The molecule has 0 heterocycles. The highest BCUT2D eigenvalue weighted by atomic mass is 79.9. The van der Waals surface area contributed by atoms with Gasteiger partial charge in [0.15, 0.2) is 0 Å². The molecular weight excluding hydrogens is 330 g/mol. The summed E-state index contributed by atoms with van der Waals surface area (Å²) in [4.78, 5) is 0. The Kier molecular flexibility index (Phi) is 9.66. The lowest BCUT2D eigenvalue weighted by Crippen LogP contribution is -2.30. The zero-order valence-corrected chi connectivity index (χ0v) is 15.4. The summed E-state index contributed by atoms with van der Waals surface area (Å²) in [6.45, 7) is 7.82. The van der Waals surface area contributed by atoms with Crippen molar-refractivity contribution in [2.75, 3.05) is 18.1 Å². The van der Waals surface area contributed by atoms with Gasteiger partial charge in [0.2, 0.25) is 0 Å². The van der Waals surface area contributed by atoms with Crippen LogP contribution in [0, 0.1) is 5.92 Å². The topological polar surface area (TPSA) is 12.0 Å². The second-order valence-electron chi connectivity index (χ2n) is 5.60. The van der Waals surface area contributed by atoms with E-state index in [0.717, 1.165) is 16.9 Å². The van der Waals surface area contributed by atoms with Crippen molar-refractivity contribution in [2.45, 2.75) is 46.1 Å². The van der Waals surface area contributed by atoms with Gasteiger partial charge in [0.1, 0.15) is 0 Å². The maximum absolute atomic E-state index is 3.60. The quantitative estimate of drug-likeness (QED) is 0.581. The first-order valence-corrected chi connectivity index (χ1v) is 9.62. The van der Waals surface area contributed by atoms with Gasteiger partial charge < -0.3 is 5.32 Å². The molecular formula is C17H28BrNS. The molecule has 3 heteroatoms. The van der Waals surface area contributed by atoms with Crippen LogP contribution in [0.15, 0.2) is 28.7 Å². The van der Waals surface area contributed by atoms with Crippen molar-refractivity contribution in [2.24, 2.45) is 5.92 Å². The van der Waals surface area contributed by atoms with Crippen molar-refractivity contribution < 1.29 is 0 Å². The van der Waals surface area contributed by atoms with Gasteiger partial charge in [-0.15, -0.1) is 0 Å². The molecule has 1 nitrogen and oxygen atoms in total. The molecule has 0 aliphatic rings. The Bertz CT molecular complexity index is 351. The van der Waals surface area contributed by atoms with Crippen LogP contribution >= 0.6 is 27.7 Å². The smallest absolute Gasteiger partial charge is 0.0175 e. The zero-order valence-electron chi connectivity index (χ0n) is 13.0. The van der Waals surface area contributed by atoms with Crippen LogP contribution in [-0.2, 0) is 6.42 Å². The lowest BCUT2D eigenvalue weighted by atomic mass is 9.95. The molecule has 1 rings (SSSR count). The van der Waals surface area contributed by atoms with Gasteiger partial charge in [0, 0.05) is 10.5 Å². The maximum atomic E-state index is 3.60. The van der Waals surface area contributed by atoms with Crippen molar-refractivity contribution in [3.63, 3.8) is 0 Å². The molecule has 1 aromatic rings. The summed E-state index contributed by atoms with van der Waals surface area (Å²) < 4.78 is 1.16. The Morgan fingerprint density at radius 3 is 2.50 bits per heavy atom. The molecule has 0 spiro atoms. The number of rotatable bonds is 10. The molecule has 0 amide bonds. The van der Waals surface area contributed by atoms with Crippen molar-refractivity contribution in [3.8, 4) is 0 Å². The Morgan fingerprint density at radius 1 is 1.20 bits per heavy atom. The van der Waals surface area contributed by atoms with E-state index in [1.54, 1.807) is 0 Å². The molecule has 1 atom stereocenters. The average Bonchev–Trinajstić information content (AvgIpc) is 2.43. The minimum absolute atomic E-state index is 0.576. The summed E-state index contributed by atoms with van der Waals surface area (Å²) in [5, 5.41) is 3.60. The van der Waals surface area contributed by atoms with E-state index in [0.29, 0.717) is 6.04 Å². The van der Waals surface area contributed by atoms with Crippen LogP contribution in [-0.4, -0.2) is 24.1 Å². The van der Waals surface area contributed by atoms with Gasteiger partial charge in [-0.2, -0.15) is 11.8 Å². The number of thioether (sulfide) groups is 1. The highest BCUT2D eigenvalue weighted by Gasteiger charge is 2.10. The average molecular weight is 358 g/mol. The highest BCUT2D eigenvalue weighted by molar-refractivity contribution is 9.10. The van der Waals surface area contributed by atoms with Crippen LogP contribution in [0.5, 0.6) is 0 Å². The molecule has 0 aliphatic carbocycles. The third-order valence-corrected chi connectivity index (χ3v) is 4.87. The third-order valence-electron chi connectivity index (χ3n) is 3.36. The van der Waals surface area contributed by atoms with E-state index in [4.69, 9.17) is 0 Å². The Morgan fingerprint density at radius 2 is 1.90 bits per heavy atom. The fourth-order valence-corrected chi connectivity index (χ4v) is 3.17. The number of halogens is 1. The van der Waals surface area contributed by atoms with Crippen molar-refractivity contribution in [3.05, 3.63) is 34.3 Å². The molecule has 20 heavy (non-hydrogen) atoms. The van der Waals surface area contributed by atoms with E-state index in [9.17, 15) is 0 Å². The van der Waals surface area contributed by atoms with E-state index in [-0.39, 0.29) is 0 Å². The minimum Gasteiger partial charge on any atom is -0.314 e. The van der Waals surface area contributed by atoms with Gasteiger partial charge in [-0.3, -0.25) is 0 Å². The monoisotopic (exact) mass is 357 g/mol. The third kappa shape index (κ3) is 8.33.